The van der Waals surface area contributed by atoms with Crippen LogP contribution in [0.25, 0.3) is 0 Å². The van der Waals surface area contributed by atoms with Crippen LogP contribution in [0.5, 0.6) is 0 Å². The molecule has 0 spiro atoms. The highest BCUT2D eigenvalue weighted by atomic mass is 35.5. The summed E-state index contributed by atoms with van der Waals surface area (Å²) >= 11 is 6.02. The van der Waals surface area contributed by atoms with Crippen LogP contribution < -0.4 is 9.80 Å². The van der Waals surface area contributed by atoms with Gasteiger partial charge < -0.3 is 14.7 Å². The maximum atomic E-state index is 12.7. The molecule has 2 heterocycles. The number of hydrogen-bond acceptors (Lipinski definition) is 3. The molecule has 0 atom stereocenters. The Hall–Kier alpha value is -2.20. The number of hydrogen-bond donors (Lipinski definition) is 0. The first-order valence-corrected chi connectivity index (χ1v) is 10.6. The molecule has 0 saturated carbocycles. The number of carbonyl (C=O) groups is 1. The van der Waals surface area contributed by atoms with E-state index in [9.17, 15) is 4.79 Å². The fourth-order valence-electron chi connectivity index (χ4n) is 4.11. The second-order valence-corrected chi connectivity index (χ2v) is 8.41. The first kappa shape index (κ1) is 19.1. The van der Waals surface area contributed by atoms with Crippen molar-refractivity contribution in [3.63, 3.8) is 0 Å². The number of rotatable bonds is 3. The van der Waals surface area contributed by atoms with E-state index in [2.05, 4.69) is 41.0 Å². The maximum Gasteiger partial charge on any atom is 0.254 e. The van der Waals surface area contributed by atoms with Crippen molar-refractivity contribution in [2.45, 2.75) is 19.8 Å². The molecular formula is C23H28ClN3O. The third-order valence-corrected chi connectivity index (χ3v) is 6.24. The highest BCUT2D eigenvalue weighted by Gasteiger charge is 2.23. The van der Waals surface area contributed by atoms with Crippen LogP contribution in [0.1, 0.15) is 30.1 Å². The van der Waals surface area contributed by atoms with E-state index in [0.717, 1.165) is 45.2 Å². The molecule has 2 fully saturated rings. The molecular weight excluding hydrogens is 370 g/mol. The third kappa shape index (κ3) is 4.27. The molecule has 0 unspecified atom stereocenters. The van der Waals surface area contributed by atoms with Gasteiger partial charge in [0.05, 0.1) is 0 Å². The number of carbonyl (C=O) groups excluding carboxylic acids is 1. The molecule has 28 heavy (non-hydrogen) atoms. The van der Waals surface area contributed by atoms with Gasteiger partial charge in [-0.15, -0.1) is 0 Å². The standard InChI is InChI=1S/C23H28ClN3O/c1-18-9-11-25(12-10-18)21-5-7-22(8-6-21)26-13-15-27(16-14-26)23(28)19-3-2-4-20(24)17-19/h2-8,17-18H,9-16H2,1H3. The van der Waals surface area contributed by atoms with Crippen molar-refractivity contribution in [3.05, 3.63) is 59.1 Å². The maximum absolute atomic E-state index is 12.7. The molecule has 2 aromatic carbocycles. The van der Waals surface area contributed by atoms with Crippen LogP contribution in [0.2, 0.25) is 5.02 Å². The number of piperazine rings is 1. The summed E-state index contributed by atoms with van der Waals surface area (Å²) in [5, 5.41) is 0.604. The predicted octanol–water partition coefficient (Wildman–Crippen LogP) is 4.54. The molecule has 4 rings (SSSR count). The van der Waals surface area contributed by atoms with Crippen LogP contribution in [0.3, 0.4) is 0 Å². The third-order valence-electron chi connectivity index (χ3n) is 6.00. The first-order valence-electron chi connectivity index (χ1n) is 10.2. The lowest BCUT2D eigenvalue weighted by Gasteiger charge is -2.36. The molecule has 2 aromatic rings. The molecule has 1 amide bonds. The van der Waals surface area contributed by atoms with Gasteiger partial charge in [-0.05, 0) is 61.2 Å². The Morgan fingerprint density at radius 3 is 2.00 bits per heavy atom. The number of benzene rings is 2. The summed E-state index contributed by atoms with van der Waals surface area (Å²) in [6.45, 7) is 7.83. The van der Waals surface area contributed by atoms with Crippen LogP contribution in [-0.4, -0.2) is 50.1 Å². The smallest absolute Gasteiger partial charge is 0.254 e. The number of halogens is 1. The Morgan fingerprint density at radius 2 is 1.43 bits per heavy atom. The highest BCUT2D eigenvalue weighted by molar-refractivity contribution is 6.30. The molecule has 5 heteroatoms. The van der Waals surface area contributed by atoms with Crippen LogP contribution in [-0.2, 0) is 0 Å². The zero-order valence-electron chi connectivity index (χ0n) is 16.5. The fraction of sp³-hybridized carbons (Fsp3) is 0.435. The average Bonchev–Trinajstić information content (AvgIpc) is 2.74. The number of piperidine rings is 1. The summed E-state index contributed by atoms with van der Waals surface area (Å²) in [5.74, 6) is 0.915. The van der Waals surface area contributed by atoms with Gasteiger partial charge in [-0.3, -0.25) is 4.79 Å². The van der Waals surface area contributed by atoms with Gasteiger partial charge in [0.1, 0.15) is 0 Å². The summed E-state index contributed by atoms with van der Waals surface area (Å²) in [5.41, 5.74) is 3.23. The van der Waals surface area contributed by atoms with Gasteiger partial charge in [-0.25, -0.2) is 0 Å². The quantitative estimate of drug-likeness (QED) is 0.760. The number of nitrogens with zero attached hydrogens (tertiary/aromatic N) is 3. The van der Waals surface area contributed by atoms with Crippen LogP contribution in [0, 0.1) is 5.92 Å². The van der Waals surface area contributed by atoms with Crippen LogP contribution in [0.15, 0.2) is 48.5 Å². The van der Waals surface area contributed by atoms with E-state index < -0.39 is 0 Å². The summed E-state index contributed by atoms with van der Waals surface area (Å²) in [6, 6.07) is 16.1. The number of amides is 1. The predicted molar refractivity (Wildman–Crippen MR) is 117 cm³/mol. The van der Waals surface area contributed by atoms with Crippen molar-refractivity contribution < 1.29 is 4.79 Å². The molecule has 2 saturated heterocycles. The molecule has 0 bridgehead atoms. The van der Waals surface area contributed by atoms with Gasteiger partial charge in [-0.1, -0.05) is 24.6 Å². The Balaban J connectivity index is 1.34. The van der Waals surface area contributed by atoms with Crippen LogP contribution >= 0.6 is 11.6 Å². The monoisotopic (exact) mass is 397 g/mol. The van der Waals surface area contributed by atoms with E-state index in [1.807, 2.05) is 17.0 Å². The van der Waals surface area contributed by atoms with Crippen molar-refractivity contribution in [1.29, 1.82) is 0 Å². The summed E-state index contributed by atoms with van der Waals surface area (Å²) in [6.07, 6.45) is 2.56. The Labute approximate surface area is 172 Å². The van der Waals surface area contributed by atoms with Crippen molar-refractivity contribution >= 4 is 28.9 Å². The van der Waals surface area contributed by atoms with Gasteiger partial charge in [0.15, 0.2) is 0 Å². The summed E-state index contributed by atoms with van der Waals surface area (Å²) < 4.78 is 0. The molecule has 4 nitrogen and oxygen atoms in total. The lowest BCUT2D eigenvalue weighted by molar-refractivity contribution is 0.0747. The zero-order chi connectivity index (χ0) is 19.5. The van der Waals surface area contributed by atoms with Crippen molar-refractivity contribution in [1.82, 2.24) is 4.90 Å². The van der Waals surface area contributed by atoms with Gasteiger partial charge >= 0.3 is 0 Å². The van der Waals surface area contributed by atoms with E-state index in [1.54, 1.807) is 12.1 Å². The van der Waals surface area contributed by atoms with Gasteiger partial charge in [0, 0.05) is 61.2 Å². The molecule has 0 N–H and O–H groups in total. The van der Waals surface area contributed by atoms with Crippen molar-refractivity contribution in [2.24, 2.45) is 5.92 Å². The van der Waals surface area contributed by atoms with Gasteiger partial charge in [0.2, 0.25) is 0 Å². The molecule has 2 aliphatic rings. The minimum absolute atomic E-state index is 0.0665. The first-order chi connectivity index (χ1) is 13.6. The SMILES string of the molecule is CC1CCN(c2ccc(N3CCN(C(=O)c4cccc(Cl)c4)CC3)cc2)CC1. The second-order valence-electron chi connectivity index (χ2n) is 7.98. The zero-order valence-corrected chi connectivity index (χ0v) is 17.2. The lowest BCUT2D eigenvalue weighted by Crippen LogP contribution is -2.48. The molecule has 148 valence electrons. The second kappa shape index (κ2) is 8.44. The van der Waals surface area contributed by atoms with Crippen molar-refractivity contribution in [3.8, 4) is 0 Å². The lowest BCUT2D eigenvalue weighted by atomic mass is 9.99. The minimum atomic E-state index is 0.0665. The largest absolute Gasteiger partial charge is 0.372 e. The Bertz CT molecular complexity index is 807. The van der Waals surface area contributed by atoms with E-state index in [0.29, 0.717) is 10.6 Å². The fourth-order valence-corrected chi connectivity index (χ4v) is 4.30. The molecule has 0 aromatic heterocycles. The van der Waals surface area contributed by atoms with Gasteiger partial charge in [-0.2, -0.15) is 0 Å². The van der Waals surface area contributed by atoms with E-state index in [4.69, 9.17) is 11.6 Å². The molecule has 0 radical (unpaired) electrons. The van der Waals surface area contributed by atoms with E-state index >= 15 is 0 Å². The average molecular weight is 398 g/mol. The Kier molecular flexibility index (Phi) is 5.77. The summed E-state index contributed by atoms with van der Waals surface area (Å²) in [4.78, 5) is 19.5. The highest BCUT2D eigenvalue weighted by Crippen LogP contribution is 2.26. The van der Waals surface area contributed by atoms with Gasteiger partial charge in [0.25, 0.3) is 5.91 Å². The van der Waals surface area contributed by atoms with E-state index in [-0.39, 0.29) is 5.91 Å². The molecule has 2 aliphatic heterocycles. The van der Waals surface area contributed by atoms with E-state index in [1.165, 1.54) is 24.2 Å². The number of anilines is 2. The van der Waals surface area contributed by atoms with Crippen molar-refractivity contribution in [2.75, 3.05) is 49.1 Å². The summed E-state index contributed by atoms with van der Waals surface area (Å²) in [7, 11) is 0. The minimum Gasteiger partial charge on any atom is -0.372 e. The van der Waals surface area contributed by atoms with Crippen LogP contribution in [0.4, 0.5) is 11.4 Å². The Morgan fingerprint density at radius 1 is 0.857 bits per heavy atom. The normalized spacial score (nSPS) is 18.4. The topological polar surface area (TPSA) is 26.8 Å². The molecule has 0 aliphatic carbocycles.